The molecule has 0 saturated carbocycles. The van der Waals surface area contributed by atoms with Gasteiger partial charge in [0, 0.05) is 11.6 Å². The lowest BCUT2D eigenvalue weighted by atomic mass is 10.1. The van der Waals surface area contributed by atoms with E-state index in [4.69, 9.17) is 18.9 Å². The molecule has 0 aliphatic heterocycles. The van der Waals surface area contributed by atoms with Gasteiger partial charge in [-0.15, -0.1) is 0 Å². The number of rotatable bonds is 7. The van der Waals surface area contributed by atoms with Gasteiger partial charge >= 0.3 is 5.97 Å². The fourth-order valence-electron chi connectivity index (χ4n) is 2.17. The van der Waals surface area contributed by atoms with Gasteiger partial charge in [-0.3, -0.25) is 0 Å². The first kappa shape index (κ1) is 17.4. The summed E-state index contributed by atoms with van der Waals surface area (Å²) in [6, 6.07) is 12.8. The van der Waals surface area contributed by atoms with Crippen molar-refractivity contribution in [1.82, 2.24) is 0 Å². The molecule has 0 amide bonds. The van der Waals surface area contributed by atoms with Crippen LogP contribution in [-0.4, -0.2) is 27.3 Å². The van der Waals surface area contributed by atoms with Crippen molar-refractivity contribution >= 4 is 12.0 Å². The van der Waals surface area contributed by atoms with Crippen molar-refractivity contribution in [3.63, 3.8) is 0 Å². The number of esters is 1. The summed E-state index contributed by atoms with van der Waals surface area (Å²) in [6.07, 6.45) is 2.99. The quantitative estimate of drug-likeness (QED) is 0.575. The highest BCUT2D eigenvalue weighted by Gasteiger charge is 2.07. The van der Waals surface area contributed by atoms with Gasteiger partial charge in [0.05, 0.1) is 21.3 Å². The van der Waals surface area contributed by atoms with Crippen LogP contribution in [0.15, 0.2) is 48.5 Å². The third kappa shape index (κ3) is 4.52. The molecule has 5 nitrogen and oxygen atoms in total. The van der Waals surface area contributed by atoms with E-state index in [-0.39, 0.29) is 6.61 Å². The van der Waals surface area contributed by atoms with Gasteiger partial charge in [-0.1, -0.05) is 24.3 Å². The Hall–Kier alpha value is -2.95. The van der Waals surface area contributed by atoms with Gasteiger partial charge in [0.15, 0.2) is 11.5 Å². The van der Waals surface area contributed by atoms with Crippen LogP contribution in [0.25, 0.3) is 6.08 Å². The lowest BCUT2D eigenvalue weighted by Crippen LogP contribution is -2.01. The van der Waals surface area contributed by atoms with Crippen LogP contribution in [0.3, 0.4) is 0 Å². The summed E-state index contributed by atoms with van der Waals surface area (Å²) in [6.45, 7) is 0.176. The Morgan fingerprint density at radius 2 is 1.79 bits per heavy atom. The number of hydrogen-bond donors (Lipinski definition) is 0. The van der Waals surface area contributed by atoms with Crippen LogP contribution in [0.4, 0.5) is 0 Å². The minimum absolute atomic E-state index is 0.176. The SMILES string of the molecule is COc1cccc(COC(=O)/C=C/c2cccc(OC)c2OC)c1. The molecule has 0 aliphatic carbocycles. The zero-order valence-corrected chi connectivity index (χ0v) is 13.9. The Labute approximate surface area is 141 Å². The summed E-state index contributed by atoms with van der Waals surface area (Å²) >= 11 is 0. The molecule has 5 heteroatoms. The van der Waals surface area contributed by atoms with Crippen molar-refractivity contribution in [2.45, 2.75) is 6.61 Å². The molecule has 0 aliphatic rings. The van der Waals surface area contributed by atoms with E-state index in [1.807, 2.05) is 36.4 Å². The Bertz CT molecular complexity index is 721. The minimum atomic E-state index is -0.442. The van der Waals surface area contributed by atoms with Gasteiger partial charge in [0.1, 0.15) is 12.4 Å². The molecule has 0 atom stereocenters. The second-order valence-corrected chi connectivity index (χ2v) is 4.88. The molecule has 0 unspecified atom stereocenters. The summed E-state index contributed by atoms with van der Waals surface area (Å²) < 4.78 is 20.9. The second kappa shape index (κ2) is 8.62. The van der Waals surface area contributed by atoms with Crippen LogP contribution in [0.1, 0.15) is 11.1 Å². The Morgan fingerprint density at radius 1 is 1.00 bits per heavy atom. The van der Waals surface area contributed by atoms with Gasteiger partial charge in [0.2, 0.25) is 0 Å². The maximum absolute atomic E-state index is 11.9. The van der Waals surface area contributed by atoms with E-state index in [9.17, 15) is 4.79 Å². The molecule has 0 bridgehead atoms. The van der Waals surface area contributed by atoms with E-state index in [2.05, 4.69) is 0 Å². The predicted octanol–water partition coefficient (Wildman–Crippen LogP) is 3.47. The van der Waals surface area contributed by atoms with Crippen molar-refractivity contribution in [2.75, 3.05) is 21.3 Å². The Balaban J connectivity index is 2.00. The third-order valence-electron chi connectivity index (χ3n) is 3.35. The van der Waals surface area contributed by atoms with Crippen LogP contribution in [0, 0.1) is 0 Å². The molecule has 0 saturated heterocycles. The normalized spacial score (nSPS) is 10.5. The lowest BCUT2D eigenvalue weighted by molar-refractivity contribution is -0.138. The van der Waals surface area contributed by atoms with Crippen molar-refractivity contribution in [1.29, 1.82) is 0 Å². The molecule has 2 aromatic carbocycles. The largest absolute Gasteiger partial charge is 0.497 e. The van der Waals surface area contributed by atoms with E-state index < -0.39 is 5.97 Å². The summed E-state index contributed by atoms with van der Waals surface area (Å²) in [5.74, 6) is 1.45. The fourth-order valence-corrected chi connectivity index (χ4v) is 2.17. The molecule has 24 heavy (non-hydrogen) atoms. The molecule has 0 fully saturated rings. The first-order valence-corrected chi connectivity index (χ1v) is 7.36. The highest BCUT2D eigenvalue weighted by molar-refractivity contribution is 5.87. The van der Waals surface area contributed by atoms with E-state index in [0.29, 0.717) is 11.5 Å². The molecule has 0 aromatic heterocycles. The molecule has 2 rings (SSSR count). The number of para-hydroxylation sites is 1. The molecule has 0 heterocycles. The van der Waals surface area contributed by atoms with Gasteiger partial charge < -0.3 is 18.9 Å². The molecule has 0 spiro atoms. The van der Waals surface area contributed by atoms with Crippen LogP contribution in [0.5, 0.6) is 17.2 Å². The maximum atomic E-state index is 11.9. The summed E-state index contributed by atoms with van der Waals surface area (Å²) in [5.41, 5.74) is 1.59. The van der Waals surface area contributed by atoms with E-state index >= 15 is 0 Å². The van der Waals surface area contributed by atoms with Crippen molar-refractivity contribution in [3.05, 3.63) is 59.7 Å². The number of methoxy groups -OCH3 is 3. The fraction of sp³-hybridized carbons (Fsp3) is 0.211. The molecule has 126 valence electrons. The zero-order valence-electron chi connectivity index (χ0n) is 13.9. The summed E-state index contributed by atoms with van der Waals surface area (Å²) in [4.78, 5) is 11.9. The minimum Gasteiger partial charge on any atom is -0.497 e. The highest BCUT2D eigenvalue weighted by Crippen LogP contribution is 2.31. The number of carbonyl (C=O) groups excluding carboxylic acids is 1. The lowest BCUT2D eigenvalue weighted by Gasteiger charge is -2.09. The Kier molecular flexibility index (Phi) is 6.25. The first-order chi connectivity index (χ1) is 11.7. The zero-order chi connectivity index (χ0) is 17.4. The van der Waals surface area contributed by atoms with Crippen molar-refractivity contribution in [3.8, 4) is 17.2 Å². The van der Waals surface area contributed by atoms with Crippen LogP contribution in [-0.2, 0) is 16.1 Å². The third-order valence-corrected chi connectivity index (χ3v) is 3.35. The van der Waals surface area contributed by atoms with Gasteiger partial charge in [-0.2, -0.15) is 0 Å². The monoisotopic (exact) mass is 328 g/mol. The van der Waals surface area contributed by atoms with E-state index in [1.165, 1.54) is 6.08 Å². The average Bonchev–Trinajstić information content (AvgIpc) is 2.64. The van der Waals surface area contributed by atoms with Crippen LogP contribution in [0.2, 0.25) is 0 Å². The molecule has 2 aromatic rings. The average molecular weight is 328 g/mol. The molecular weight excluding hydrogens is 308 g/mol. The highest BCUT2D eigenvalue weighted by atomic mass is 16.5. The molecule has 0 radical (unpaired) electrons. The smallest absolute Gasteiger partial charge is 0.331 e. The van der Waals surface area contributed by atoms with Gasteiger partial charge in [-0.05, 0) is 29.8 Å². The number of benzene rings is 2. The first-order valence-electron chi connectivity index (χ1n) is 7.36. The number of carbonyl (C=O) groups is 1. The van der Waals surface area contributed by atoms with Crippen LogP contribution < -0.4 is 14.2 Å². The molecular formula is C19H20O5. The summed E-state index contributed by atoms with van der Waals surface area (Å²) in [7, 11) is 4.71. The standard InChI is InChI=1S/C19H20O5/c1-21-16-8-4-6-14(12-16)13-24-18(20)11-10-15-7-5-9-17(22-2)19(15)23-3/h4-12H,13H2,1-3H3/b11-10+. The number of hydrogen-bond acceptors (Lipinski definition) is 5. The van der Waals surface area contributed by atoms with E-state index in [1.54, 1.807) is 33.5 Å². The molecule has 0 N–H and O–H groups in total. The topological polar surface area (TPSA) is 54.0 Å². The van der Waals surface area contributed by atoms with Crippen molar-refractivity contribution in [2.24, 2.45) is 0 Å². The van der Waals surface area contributed by atoms with Gasteiger partial charge in [-0.25, -0.2) is 4.79 Å². The second-order valence-electron chi connectivity index (χ2n) is 4.88. The van der Waals surface area contributed by atoms with Crippen molar-refractivity contribution < 1.29 is 23.7 Å². The van der Waals surface area contributed by atoms with E-state index in [0.717, 1.165) is 16.9 Å². The predicted molar refractivity (Wildman–Crippen MR) is 91.4 cm³/mol. The van der Waals surface area contributed by atoms with Crippen LogP contribution >= 0.6 is 0 Å². The van der Waals surface area contributed by atoms with Gasteiger partial charge in [0.25, 0.3) is 0 Å². The maximum Gasteiger partial charge on any atom is 0.331 e. The number of ether oxygens (including phenoxy) is 4. The Morgan fingerprint density at radius 3 is 2.50 bits per heavy atom. The summed E-state index contributed by atoms with van der Waals surface area (Å²) in [5, 5.41) is 0.